The Bertz CT molecular complexity index is 1300. The van der Waals surface area contributed by atoms with Crippen molar-refractivity contribution in [2.24, 2.45) is 0 Å². The predicted molar refractivity (Wildman–Crippen MR) is 138 cm³/mol. The zero-order valence-electron chi connectivity index (χ0n) is 19.0. The van der Waals surface area contributed by atoms with Crippen LogP contribution in [0.1, 0.15) is 29.0 Å². The van der Waals surface area contributed by atoms with Gasteiger partial charge in [0.05, 0.1) is 16.8 Å². The van der Waals surface area contributed by atoms with E-state index in [0.29, 0.717) is 5.69 Å². The number of benzene rings is 3. The number of piperazine rings is 1. The highest BCUT2D eigenvalue weighted by Crippen LogP contribution is 2.30. The third kappa shape index (κ3) is 4.41. The molecule has 0 radical (unpaired) electrons. The van der Waals surface area contributed by atoms with Crippen LogP contribution in [0.4, 0.5) is 11.5 Å². The van der Waals surface area contributed by atoms with Crippen LogP contribution in [0.5, 0.6) is 0 Å². The molecule has 3 aromatic carbocycles. The number of nitrogens with zero attached hydrogens (tertiary/aromatic N) is 4. The van der Waals surface area contributed by atoms with E-state index < -0.39 is 0 Å². The molecular weight excluding hydrogens is 446 g/mol. The normalized spacial score (nSPS) is 14.8. The average molecular weight is 472 g/mol. The van der Waals surface area contributed by atoms with Crippen molar-refractivity contribution in [1.29, 1.82) is 0 Å². The molecule has 2 heterocycles. The van der Waals surface area contributed by atoms with E-state index in [-0.39, 0.29) is 11.9 Å². The lowest BCUT2D eigenvalue weighted by molar-refractivity contribution is 0.0935. The molecule has 1 atom stereocenters. The zero-order chi connectivity index (χ0) is 23.5. The van der Waals surface area contributed by atoms with Crippen molar-refractivity contribution < 1.29 is 4.79 Å². The minimum absolute atomic E-state index is 0.133. The third-order valence-electron chi connectivity index (χ3n) is 6.30. The molecule has 7 heteroatoms. The highest BCUT2D eigenvalue weighted by molar-refractivity contribution is 6.33. The molecule has 4 aromatic rings. The van der Waals surface area contributed by atoms with E-state index in [1.807, 2.05) is 79.7 Å². The van der Waals surface area contributed by atoms with E-state index >= 15 is 0 Å². The van der Waals surface area contributed by atoms with Gasteiger partial charge in [0.25, 0.3) is 5.91 Å². The van der Waals surface area contributed by atoms with Gasteiger partial charge < -0.3 is 15.1 Å². The van der Waals surface area contributed by atoms with E-state index in [9.17, 15) is 4.79 Å². The monoisotopic (exact) mass is 471 g/mol. The second-order valence-electron chi connectivity index (χ2n) is 8.45. The number of fused-ring (bicyclic) bond motifs is 1. The highest BCUT2D eigenvalue weighted by atomic mass is 35.5. The molecule has 1 N–H and O–H groups in total. The van der Waals surface area contributed by atoms with E-state index in [1.165, 1.54) is 0 Å². The summed E-state index contributed by atoms with van der Waals surface area (Å²) in [4.78, 5) is 17.6. The number of rotatable bonds is 5. The van der Waals surface area contributed by atoms with E-state index in [0.717, 1.165) is 59.0 Å². The molecule has 0 unspecified atom stereocenters. The largest absolute Gasteiger partial charge is 0.367 e. The Morgan fingerprint density at radius 2 is 1.44 bits per heavy atom. The van der Waals surface area contributed by atoms with Gasteiger partial charge in [-0.05, 0) is 24.6 Å². The fraction of sp³-hybridized carbons (Fsp3) is 0.222. The van der Waals surface area contributed by atoms with Crippen LogP contribution in [0.15, 0.2) is 78.9 Å². The van der Waals surface area contributed by atoms with Gasteiger partial charge in [0, 0.05) is 37.0 Å². The Labute approximate surface area is 204 Å². The van der Waals surface area contributed by atoms with Crippen molar-refractivity contribution in [1.82, 2.24) is 15.5 Å². The van der Waals surface area contributed by atoms with Crippen LogP contribution in [0.2, 0.25) is 5.02 Å². The standard InChI is InChI=1S/C27H26ClN5O/c1-19(20-9-3-2-4-10-20)29-27(34)25-21-11-5-6-12-22(21)26(31-30-25)33-17-15-32(16-18-33)24-14-8-7-13-23(24)28/h2-14,19H,15-18H2,1H3,(H,29,34)/t19-/m1/s1. The van der Waals surface area contributed by atoms with Crippen molar-refractivity contribution in [3.05, 3.63) is 95.1 Å². The number of carbonyl (C=O) groups is 1. The fourth-order valence-electron chi connectivity index (χ4n) is 4.45. The summed E-state index contributed by atoms with van der Waals surface area (Å²) in [6.45, 7) is 5.21. The Morgan fingerprint density at radius 3 is 2.18 bits per heavy atom. The summed E-state index contributed by atoms with van der Waals surface area (Å²) in [7, 11) is 0. The minimum Gasteiger partial charge on any atom is -0.367 e. The first kappa shape index (κ1) is 22.2. The molecule has 1 aliphatic heterocycles. The van der Waals surface area contributed by atoms with Crippen LogP contribution >= 0.6 is 11.6 Å². The Kier molecular flexibility index (Phi) is 6.32. The molecule has 1 saturated heterocycles. The summed E-state index contributed by atoms with van der Waals surface area (Å²) in [6.07, 6.45) is 0. The summed E-state index contributed by atoms with van der Waals surface area (Å²) in [6, 6.07) is 25.5. The molecule has 0 spiro atoms. The maximum absolute atomic E-state index is 13.1. The maximum atomic E-state index is 13.1. The minimum atomic E-state index is -0.227. The molecule has 1 aromatic heterocycles. The van der Waals surface area contributed by atoms with Crippen LogP contribution in [0, 0.1) is 0 Å². The fourth-order valence-corrected chi connectivity index (χ4v) is 4.70. The summed E-state index contributed by atoms with van der Waals surface area (Å²) in [5, 5.41) is 14.5. The Balaban J connectivity index is 1.37. The number of nitrogens with one attached hydrogen (secondary N) is 1. The first-order chi connectivity index (χ1) is 16.6. The highest BCUT2D eigenvalue weighted by Gasteiger charge is 2.24. The van der Waals surface area contributed by atoms with Crippen LogP contribution in [-0.2, 0) is 0 Å². The summed E-state index contributed by atoms with van der Waals surface area (Å²) < 4.78 is 0. The lowest BCUT2D eigenvalue weighted by Gasteiger charge is -2.37. The number of hydrogen-bond donors (Lipinski definition) is 1. The average Bonchev–Trinajstić information content (AvgIpc) is 2.89. The molecule has 6 nitrogen and oxygen atoms in total. The van der Waals surface area contributed by atoms with Crippen LogP contribution in [-0.4, -0.2) is 42.3 Å². The molecule has 0 aliphatic carbocycles. The Morgan fingerprint density at radius 1 is 0.824 bits per heavy atom. The van der Waals surface area contributed by atoms with Crippen molar-refractivity contribution in [3.63, 3.8) is 0 Å². The van der Waals surface area contributed by atoms with Gasteiger partial charge in [-0.3, -0.25) is 4.79 Å². The lowest BCUT2D eigenvalue weighted by Crippen LogP contribution is -2.47. The van der Waals surface area contributed by atoms with Crippen molar-refractivity contribution >= 4 is 39.8 Å². The number of aromatic nitrogens is 2. The quantitative estimate of drug-likeness (QED) is 0.438. The van der Waals surface area contributed by atoms with Gasteiger partial charge in [-0.2, -0.15) is 0 Å². The van der Waals surface area contributed by atoms with Gasteiger partial charge in [0.1, 0.15) is 0 Å². The second kappa shape index (κ2) is 9.69. The maximum Gasteiger partial charge on any atom is 0.272 e. The molecule has 1 fully saturated rings. The van der Waals surface area contributed by atoms with Crippen LogP contribution in [0.25, 0.3) is 10.8 Å². The van der Waals surface area contributed by atoms with Gasteiger partial charge in [-0.15, -0.1) is 10.2 Å². The SMILES string of the molecule is C[C@@H](NC(=O)c1nnc(N2CCN(c3ccccc3Cl)CC2)c2ccccc12)c1ccccc1. The van der Waals surface area contributed by atoms with Gasteiger partial charge in [0.2, 0.25) is 0 Å². The third-order valence-corrected chi connectivity index (χ3v) is 6.62. The van der Waals surface area contributed by atoms with E-state index in [1.54, 1.807) is 0 Å². The molecule has 1 aliphatic rings. The molecule has 5 rings (SSSR count). The number of amides is 1. The Hall–Kier alpha value is -3.64. The number of anilines is 2. The number of hydrogen-bond acceptors (Lipinski definition) is 5. The molecule has 0 bridgehead atoms. The summed E-state index contributed by atoms with van der Waals surface area (Å²) in [5.74, 6) is 0.581. The van der Waals surface area contributed by atoms with Crippen molar-refractivity contribution in [2.75, 3.05) is 36.0 Å². The van der Waals surface area contributed by atoms with Gasteiger partial charge in [0.15, 0.2) is 11.5 Å². The molecule has 0 saturated carbocycles. The van der Waals surface area contributed by atoms with E-state index in [4.69, 9.17) is 11.6 Å². The van der Waals surface area contributed by atoms with Gasteiger partial charge in [-0.1, -0.05) is 78.3 Å². The van der Waals surface area contributed by atoms with Gasteiger partial charge in [-0.25, -0.2) is 0 Å². The topological polar surface area (TPSA) is 61.4 Å². The first-order valence-electron chi connectivity index (χ1n) is 11.5. The smallest absolute Gasteiger partial charge is 0.272 e. The first-order valence-corrected chi connectivity index (χ1v) is 11.9. The molecule has 34 heavy (non-hydrogen) atoms. The predicted octanol–water partition coefficient (Wildman–Crippen LogP) is 5.10. The molecule has 172 valence electrons. The number of carbonyl (C=O) groups excluding carboxylic acids is 1. The lowest BCUT2D eigenvalue weighted by atomic mass is 10.1. The second-order valence-corrected chi connectivity index (χ2v) is 8.86. The zero-order valence-corrected chi connectivity index (χ0v) is 19.7. The van der Waals surface area contributed by atoms with E-state index in [2.05, 4.69) is 31.4 Å². The molecular formula is C27H26ClN5O. The molecule has 1 amide bonds. The van der Waals surface area contributed by atoms with Crippen LogP contribution < -0.4 is 15.1 Å². The number of para-hydroxylation sites is 1. The van der Waals surface area contributed by atoms with Crippen LogP contribution in [0.3, 0.4) is 0 Å². The van der Waals surface area contributed by atoms with Crippen molar-refractivity contribution in [3.8, 4) is 0 Å². The number of halogens is 1. The summed E-state index contributed by atoms with van der Waals surface area (Å²) in [5.41, 5.74) is 2.44. The summed E-state index contributed by atoms with van der Waals surface area (Å²) >= 11 is 6.40. The van der Waals surface area contributed by atoms with Crippen molar-refractivity contribution in [2.45, 2.75) is 13.0 Å². The van der Waals surface area contributed by atoms with Gasteiger partial charge >= 0.3 is 0 Å².